The van der Waals surface area contributed by atoms with Gasteiger partial charge in [0, 0.05) is 12.1 Å². The maximum absolute atomic E-state index is 10.3. The van der Waals surface area contributed by atoms with E-state index in [9.17, 15) is 4.91 Å². The third-order valence-corrected chi connectivity index (χ3v) is 2.24. The Labute approximate surface area is 61.3 Å². The molecule has 10 heavy (non-hydrogen) atoms. The van der Waals surface area contributed by atoms with Crippen molar-refractivity contribution in [2.75, 3.05) is 0 Å². The van der Waals surface area contributed by atoms with Crippen molar-refractivity contribution in [1.82, 2.24) is 5.01 Å². The lowest BCUT2D eigenvalue weighted by Crippen LogP contribution is -2.39. The molecule has 1 aliphatic heterocycles. The normalized spacial score (nSPS) is 34.0. The highest BCUT2D eigenvalue weighted by Crippen LogP contribution is 2.21. The van der Waals surface area contributed by atoms with Crippen LogP contribution in [0.5, 0.6) is 0 Å². The monoisotopic (exact) mass is 142 g/mol. The zero-order valence-electron chi connectivity index (χ0n) is 6.58. The number of nitrogens with zero attached hydrogens (tertiary/aromatic N) is 2. The molecule has 0 aliphatic carbocycles. The van der Waals surface area contributed by atoms with E-state index >= 15 is 0 Å². The summed E-state index contributed by atoms with van der Waals surface area (Å²) in [4.78, 5) is 10.3. The zero-order chi connectivity index (χ0) is 7.56. The number of hydrogen-bond acceptors (Lipinski definition) is 2. The molecule has 1 rings (SSSR count). The Hall–Kier alpha value is -0.600. The third kappa shape index (κ3) is 1.28. The van der Waals surface area contributed by atoms with Gasteiger partial charge in [-0.25, -0.2) is 0 Å². The fourth-order valence-corrected chi connectivity index (χ4v) is 1.57. The first-order valence-corrected chi connectivity index (χ1v) is 3.87. The number of nitroso groups, excluding NO2 is 1. The summed E-state index contributed by atoms with van der Waals surface area (Å²) in [5.74, 6) is 0. The fraction of sp³-hybridized carbons (Fsp3) is 1.00. The highest BCUT2D eigenvalue weighted by atomic mass is 16.3. The molecule has 58 valence electrons. The summed E-state index contributed by atoms with van der Waals surface area (Å²) in [5.41, 5.74) is 0. The minimum atomic E-state index is 0.348. The van der Waals surface area contributed by atoms with Gasteiger partial charge in [-0.3, -0.25) is 5.01 Å². The van der Waals surface area contributed by atoms with Crippen LogP contribution in [0.15, 0.2) is 5.29 Å². The molecule has 0 aromatic carbocycles. The van der Waals surface area contributed by atoms with E-state index in [1.165, 1.54) is 6.42 Å². The molecule has 0 spiro atoms. The molecule has 0 aromatic rings. The van der Waals surface area contributed by atoms with Crippen LogP contribution in [0.4, 0.5) is 0 Å². The van der Waals surface area contributed by atoms with E-state index in [1.807, 2.05) is 0 Å². The summed E-state index contributed by atoms with van der Waals surface area (Å²) >= 11 is 0. The molecule has 3 heteroatoms. The van der Waals surface area contributed by atoms with Crippen molar-refractivity contribution in [3.63, 3.8) is 0 Å². The topological polar surface area (TPSA) is 32.7 Å². The van der Waals surface area contributed by atoms with Crippen LogP contribution in [0.1, 0.15) is 33.1 Å². The lowest BCUT2D eigenvalue weighted by Gasteiger charge is -2.33. The van der Waals surface area contributed by atoms with Crippen LogP contribution >= 0.6 is 0 Å². The van der Waals surface area contributed by atoms with Gasteiger partial charge in [0.1, 0.15) is 0 Å². The average molecular weight is 142 g/mol. The average Bonchev–Trinajstić information content (AvgIpc) is 1.88. The Morgan fingerprint density at radius 1 is 1.30 bits per heavy atom. The molecule has 1 aliphatic rings. The van der Waals surface area contributed by atoms with Crippen molar-refractivity contribution in [2.45, 2.75) is 45.2 Å². The lowest BCUT2D eigenvalue weighted by atomic mass is 10.0. The van der Waals surface area contributed by atoms with Crippen LogP contribution < -0.4 is 0 Å². The molecular formula is C7H14N2O. The lowest BCUT2D eigenvalue weighted by molar-refractivity contribution is 0.106. The SMILES string of the molecule is CC1CCCC(C)N1N=O. The fourth-order valence-electron chi connectivity index (χ4n) is 1.57. The summed E-state index contributed by atoms with van der Waals surface area (Å²) in [6.07, 6.45) is 3.44. The van der Waals surface area contributed by atoms with Crippen LogP contribution in [0, 0.1) is 4.91 Å². The standard InChI is InChI=1S/C7H14N2O/c1-6-4-3-5-7(2)9(6)8-10/h6-7H,3-5H2,1-2H3. The molecule has 0 N–H and O–H groups in total. The molecule has 1 fully saturated rings. The molecule has 0 bridgehead atoms. The smallest absolute Gasteiger partial charge is 0.0529 e. The van der Waals surface area contributed by atoms with Crippen molar-refractivity contribution in [3.8, 4) is 0 Å². The molecule has 2 atom stereocenters. The Balaban J connectivity index is 2.53. The second-order valence-electron chi connectivity index (χ2n) is 3.09. The second kappa shape index (κ2) is 2.99. The van der Waals surface area contributed by atoms with E-state index in [2.05, 4.69) is 19.1 Å². The van der Waals surface area contributed by atoms with Crippen LogP contribution in [0.2, 0.25) is 0 Å². The highest BCUT2D eigenvalue weighted by Gasteiger charge is 2.23. The van der Waals surface area contributed by atoms with Crippen LogP contribution in [0.3, 0.4) is 0 Å². The minimum Gasteiger partial charge on any atom is -0.255 e. The summed E-state index contributed by atoms with van der Waals surface area (Å²) in [6, 6.07) is 0.697. The van der Waals surface area contributed by atoms with Gasteiger partial charge in [-0.1, -0.05) is 0 Å². The first kappa shape index (κ1) is 7.51. The summed E-state index contributed by atoms with van der Waals surface area (Å²) in [7, 11) is 0. The first-order chi connectivity index (χ1) is 4.75. The van der Waals surface area contributed by atoms with Crippen LogP contribution in [0.25, 0.3) is 0 Å². The molecule has 0 saturated carbocycles. The van der Waals surface area contributed by atoms with Gasteiger partial charge in [-0.15, -0.1) is 4.91 Å². The quantitative estimate of drug-likeness (QED) is 0.524. The van der Waals surface area contributed by atoms with Crippen molar-refractivity contribution in [3.05, 3.63) is 4.91 Å². The van der Waals surface area contributed by atoms with Crippen molar-refractivity contribution < 1.29 is 0 Å². The molecule has 0 radical (unpaired) electrons. The van der Waals surface area contributed by atoms with E-state index in [0.717, 1.165) is 12.8 Å². The molecule has 1 heterocycles. The molecular weight excluding hydrogens is 128 g/mol. The summed E-state index contributed by atoms with van der Waals surface area (Å²) in [6.45, 7) is 4.11. The first-order valence-electron chi connectivity index (χ1n) is 3.87. The van der Waals surface area contributed by atoms with Gasteiger partial charge in [-0.2, -0.15) is 0 Å². The van der Waals surface area contributed by atoms with Crippen molar-refractivity contribution in [1.29, 1.82) is 0 Å². The maximum atomic E-state index is 10.3. The Kier molecular flexibility index (Phi) is 2.25. The Morgan fingerprint density at radius 3 is 2.10 bits per heavy atom. The van der Waals surface area contributed by atoms with Gasteiger partial charge in [0.05, 0.1) is 5.29 Å². The van der Waals surface area contributed by atoms with Crippen LogP contribution in [-0.2, 0) is 0 Å². The molecule has 3 nitrogen and oxygen atoms in total. The molecule has 1 saturated heterocycles. The molecule has 0 amide bonds. The minimum absolute atomic E-state index is 0.348. The van der Waals surface area contributed by atoms with Gasteiger partial charge in [-0.05, 0) is 33.1 Å². The number of rotatable bonds is 1. The predicted octanol–water partition coefficient (Wildman–Crippen LogP) is 1.93. The van der Waals surface area contributed by atoms with Gasteiger partial charge in [0.2, 0.25) is 0 Å². The summed E-state index contributed by atoms with van der Waals surface area (Å²) < 4.78 is 0. The highest BCUT2D eigenvalue weighted by molar-refractivity contribution is 4.75. The summed E-state index contributed by atoms with van der Waals surface area (Å²) in [5, 5.41) is 4.66. The van der Waals surface area contributed by atoms with Gasteiger partial charge >= 0.3 is 0 Å². The van der Waals surface area contributed by atoms with E-state index in [1.54, 1.807) is 5.01 Å². The number of hydrogen-bond donors (Lipinski definition) is 0. The van der Waals surface area contributed by atoms with Crippen LogP contribution in [-0.4, -0.2) is 17.1 Å². The number of piperidine rings is 1. The van der Waals surface area contributed by atoms with Crippen molar-refractivity contribution >= 4 is 0 Å². The second-order valence-corrected chi connectivity index (χ2v) is 3.09. The Morgan fingerprint density at radius 2 is 1.80 bits per heavy atom. The largest absolute Gasteiger partial charge is 0.255 e. The Bertz CT molecular complexity index is 117. The van der Waals surface area contributed by atoms with E-state index in [4.69, 9.17) is 0 Å². The van der Waals surface area contributed by atoms with Gasteiger partial charge in [0.15, 0.2) is 0 Å². The molecule has 0 aromatic heterocycles. The van der Waals surface area contributed by atoms with E-state index in [-0.39, 0.29) is 0 Å². The molecule has 2 unspecified atom stereocenters. The maximum Gasteiger partial charge on any atom is 0.0529 e. The zero-order valence-corrected chi connectivity index (χ0v) is 6.58. The van der Waals surface area contributed by atoms with Crippen molar-refractivity contribution in [2.24, 2.45) is 5.29 Å². The predicted molar refractivity (Wildman–Crippen MR) is 40.4 cm³/mol. The van der Waals surface area contributed by atoms with Gasteiger partial charge in [0.25, 0.3) is 0 Å². The third-order valence-electron chi connectivity index (χ3n) is 2.24. The van der Waals surface area contributed by atoms with E-state index in [0.29, 0.717) is 12.1 Å². The van der Waals surface area contributed by atoms with Gasteiger partial charge < -0.3 is 0 Å². The van der Waals surface area contributed by atoms with E-state index < -0.39 is 0 Å².